The van der Waals surface area contributed by atoms with E-state index >= 15 is 0 Å². The Morgan fingerprint density at radius 1 is 1.75 bits per heavy atom. The van der Waals surface area contributed by atoms with Crippen LogP contribution < -0.4 is 5.73 Å². The van der Waals surface area contributed by atoms with Crippen LogP contribution in [0.25, 0.3) is 0 Å². The van der Waals surface area contributed by atoms with Crippen LogP contribution in [0, 0.1) is 0 Å². The van der Waals surface area contributed by atoms with Gasteiger partial charge in [-0.05, 0) is 6.07 Å². The standard InChI is InChI=1S/C10H17N3O3/c1-10(5-11,6-14)8-4-7(9(15)16-3)12-13(8)2/h4,14H,5-6,11H2,1-3H3. The van der Waals surface area contributed by atoms with Crippen molar-refractivity contribution in [3.05, 3.63) is 17.5 Å². The van der Waals surface area contributed by atoms with Gasteiger partial charge in [0, 0.05) is 24.7 Å². The summed E-state index contributed by atoms with van der Waals surface area (Å²) in [5.74, 6) is -0.501. The first-order chi connectivity index (χ1) is 7.48. The topological polar surface area (TPSA) is 90.4 Å². The zero-order chi connectivity index (χ0) is 12.3. The number of aliphatic hydroxyl groups is 1. The van der Waals surface area contributed by atoms with E-state index in [0.717, 1.165) is 0 Å². The number of aromatic nitrogens is 2. The van der Waals surface area contributed by atoms with Crippen molar-refractivity contribution in [1.29, 1.82) is 0 Å². The van der Waals surface area contributed by atoms with Crippen molar-refractivity contribution in [1.82, 2.24) is 9.78 Å². The Labute approximate surface area is 94.0 Å². The summed E-state index contributed by atoms with van der Waals surface area (Å²) >= 11 is 0. The molecule has 0 amide bonds. The molecule has 0 fully saturated rings. The maximum atomic E-state index is 11.3. The van der Waals surface area contributed by atoms with Crippen molar-refractivity contribution in [2.75, 3.05) is 20.3 Å². The van der Waals surface area contributed by atoms with Crippen LogP contribution in [0.15, 0.2) is 6.07 Å². The van der Waals surface area contributed by atoms with Crippen LogP contribution in [0.2, 0.25) is 0 Å². The first kappa shape index (κ1) is 12.7. The van der Waals surface area contributed by atoms with E-state index in [0.29, 0.717) is 5.69 Å². The number of aliphatic hydroxyl groups excluding tert-OH is 1. The molecule has 3 N–H and O–H groups in total. The number of carbonyl (C=O) groups excluding carboxylic acids is 1. The Kier molecular flexibility index (Phi) is 3.66. The van der Waals surface area contributed by atoms with Crippen molar-refractivity contribution in [3.8, 4) is 0 Å². The lowest BCUT2D eigenvalue weighted by molar-refractivity contribution is 0.0593. The van der Waals surface area contributed by atoms with Gasteiger partial charge in [-0.1, -0.05) is 6.92 Å². The van der Waals surface area contributed by atoms with E-state index in [-0.39, 0.29) is 18.8 Å². The predicted octanol–water partition coefficient (Wildman–Crippen LogP) is -0.585. The molecule has 1 rings (SSSR count). The number of carbonyl (C=O) groups is 1. The third-order valence-corrected chi connectivity index (χ3v) is 2.69. The molecule has 1 atom stereocenters. The van der Waals surface area contributed by atoms with E-state index in [1.165, 1.54) is 11.8 Å². The molecule has 1 aromatic rings. The summed E-state index contributed by atoms with van der Waals surface area (Å²) in [6.07, 6.45) is 0. The maximum Gasteiger partial charge on any atom is 0.358 e. The third-order valence-electron chi connectivity index (χ3n) is 2.69. The average molecular weight is 227 g/mol. The second-order valence-electron chi connectivity index (χ2n) is 3.95. The van der Waals surface area contributed by atoms with E-state index < -0.39 is 11.4 Å². The summed E-state index contributed by atoms with van der Waals surface area (Å²) in [5.41, 5.74) is 5.94. The molecule has 0 aliphatic rings. The van der Waals surface area contributed by atoms with Gasteiger partial charge in [0.2, 0.25) is 0 Å². The summed E-state index contributed by atoms with van der Waals surface area (Å²) < 4.78 is 6.11. The third kappa shape index (κ3) is 2.07. The van der Waals surface area contributed by atoms with Crippen LogP contribution in [0.5, 0.6) is 0 Å². The molecule has 1 unspecified atom stereocenters. The van der Waals surface area contributed by atoms with Crippen LogP contribution in [-0.4, -0.2) is 41.1 Å². The molecule has 0 radical (unpaired) electrons. The molecule has 0 saturated heterocycles. The SMILES string of the molecule is COC(=O)c1cc(C(C)(CN)CO)n(C)n1. The number of hydrogen-bond acceptors (Lipinski definition) is 5. The van der Waals surface area contributed by atoms with Gasteiger partial charge in [0.1, 0.15) is 0 Å². The number of rotatable bonds is 4. The van der Waals surface area contributed by atoms with Crippen molar-refractivity contribution < 1.29 is 14.6 Å². The number of methoxy groups -OCH3 is 1. The normalized spacial score (nSPS) is 14.6. The Hall–Kier alpha value is -1.40. The predicted molar refractivity (Wildman–Crippen MR) is 58.0 cm³/mol. The Morgan fingerprint density at radius 3 is 2.81 bits per heavy atom. The molecule has 16 heavy (non-hydrogen) atoms. The fourth-order valence-corrected chi connectivity index (χ4v) is 1.49. The van der Waals surface area contributed by atoms with Crippen LogP contribution >= 0.6 is 0 Å². The van der Waals surface area contributed by atoms with Gasteiger partial charge in [-0.15, -0.1) is 0 Å². The molecule has 0 bridgehead atoms. The van der Waals surface area contributed by atoms with Crippen molar-refractivity contribution in [2.24, 2.45) is 12.8 Å². The van der Waals surface area contributed by atoms with Gasteiger partial charge in [0.05, 0.1) is 13.7 Å². The Morgan fingerprint density at radius 2 is 2.38 bits per heavy atom. The van der Waals surface area contributed by atoms with Crippen LogP contribution in [0.3, 0.4) is 0 Å². The van der Waals surface area contributed by atoms with E-state index in [2.05, 4.69) is 9.84 Å². The zero-order valence-electron chi connectivity index (χ0n) is 9.73. The number of nitrogens with two attached hydrogens (primary N) is 1. The number of ether oxygens (including phenoxy) is 1. The van der Waals surface area contributed by atoms with Gasteiger partial charge in [-0.25, -0.2) is 4.79 Å². The largest absolute Gasteiger partial charge is 0.464 e. The minimum atomic E-state index is -0.603. The van der Waals surface area contributed by atoms with Crippen LogP contribution in [0.1, 0.15) is 23.1 Å². The monoisotopic (exact) mass is 227 g/mol. The summed E-state index contributed by atoms with van der Waals surface area (Å²) in [5, 5.41) is 13.3. The highest BCUT2D eigenvalue weighted by atomic mass is 16.5. The van der Waals surface area contributed by atoms with Gasteiger partial charge in [-0.2, -0.15) is 5.10 Å². The Bertz CT molecular complexity index is 383. The number of hydrogen-bond donors (Lipinski definition) is 2. The first-order valence-electron chi connectivity index (χ1n) is 4.92. The van der Waals surface area contributed by atoms with Crippen LogP contribution in [-0.2, 0) is 17.2 Å². The fourth-order valence-electron chi connectivity index (χ4n) is 1.49. The lowest BCUT2D eigenvalue weighted by atomic mass is 9.87. The molecule has 6 nitrogen and oxygen atoms in total. The second kappa shape index (κ2) is 4.63. The fraction of sp³-hybridized carbons (Fsp3) is 0.600. The lowest BCUT2D eigenvalue weighted by Crippen LogP contribution is -2.37. The summed E-state index contributed by atoms with van der Waals surface area (Å²) in [6, 6.07) is 1.59. The van der Waals surface area contributed by atoms with Gasteiger partial charge in [0.25, 0.3) is 0 Å². The molecule has 0 saturated carbocycles. The second-order valence-corrected chi connectivity index (χ2v) is 3.95. The van der Waals surface area contributed by atoms with Gasteiger partial charge in [-0.3, -0.25) is 4.68 Å². The molecule has 0 aromatic carbocycles. The van der Waals surface area contributed by atoms with Gasteiger partial charge in [0.15, 0.2) is 5.69 Å². The minimum absolute atomic E-state index is 0.107. The van der Waals surface area contributed by atoms with Crippen LogP contribution in [0.4, 0.5) is 0 Å². The number of aryl methyl sites for hydroxylation is 1. The molecule has 90 valence electrons. The molecular weight excluding hydrogens is 210 g/mol. The quantitative estimate of drug-likeness (QED) is 0.671. The van der Waals surface area contributed by atoms with E-state index in [1.54, 1.807) is 13.1 Å². The molecule has 0 spiro atoms. The lowest BCUT2D eigenvalue weighted by Gasteiger charge is -2.25. The molecule has 1 heterocycles. The summed E-state index contributed by atoms with van der Waals surface area (Å²) in [6.45, 7) is 1.97. The highest BCUT2D eigenvalue weighted by molar-refractivity contribution is 5.87. The zero-order valence-corrected chi connectivity index (χ0v) is 9.73. The van der Waals surface area contributed by atoms with Crippen molar-refractivity contribution >= 4 is 5.97 Å². The van der Waals surface area contributed by atoms with Gasteiger partial charge < -0.3 is 15.6 Å². The maximum absolute atomic E-state index is 11.3. The number of nitrogens with zero attached hydrogens (tertiary/aromatic N) is 2. The molecule has 0 aliphatic carbocycles. The molecular formula is C10H17N3O3. The van der Waals surface area contributed by atoms with Crippen molar-refractivity contribution in [2.45, 2.75) is 12.3 Å². The highest BCUT2D eigenvalue weighted by Gasteiger charge is 2.29. The van der Waals surface area contributed by atoms with E-state index in [4.69, 9.17) is 5.73 Å². The van der Waals surface area contributed by atoms with Crippen molar-refractivity contribution in [3.63, 3.8) is 0 Å². The van der Waals surface area contributed by atoms with Gasteiger partial charge >= 0.3 is 5.97 Å². The first-order valence-corrected chi connectivity index (χ1v) is 4.92. The van der Waals surface area contributed by atoms with E-state index in [9.17, 15) is 9.90 Å². The summed E-state index contributed by atoms with van der Waals surface area (Å²) in [7, 11) is 3.00. The minimum Gasteiger partial charge on any atom is -0.464 e. The molecule has 6 heteroatoms. The molecule has 1 aromatic heterocycles. The van der Waals surface area contributed by atoms with E-state index in [1.807, 2.05) is 6.92 Å². The smallest absolute Gasteiger partial charge is 0.358 e. The Balaban J connectivity index is 3.15. The summed E-state index contributed by atoms with van der Waals surface area (Å²) in [4.78, 5) is 11.3. The highest BCUT2D eigenvalue weighted by Crippen LogP contribution is 2.22. The number of esters is 1. The molecule has 0 aliphatic heterocycles. The average Bonchev–Trinajstić information content (AvgIpc) is 2.70.